The molecule has 9 heteroatoms. The Kier molecular flexibility index (Phi) is 4.87. The maximum absolute atomic E-state index is 12.7. The number of halogens is 2. The highest BCUT2D eigenvalue weighted by Gasteiger charge is 2.32. The van der Waals surface area contributed by atoms with Crippen molar-refractivity contribution in [2.45, 2.75) is 16.7 Å². The van der Waals surface area contributed by atoms with Gasteiger partial charge in [0.25, 0.3) is 11.7 Å². The van der Waals surface area contributed by atoms with Gasteiger partial charge in [-0.3, -0.25) is 4.79 Å². The lowest BCUT2D eigenvalue weighted by molar-refractivity contribution is -0.00577. The Balaban J connectivity index is 1.77. The summed E-state index contributed by atoms with van der Waals surface area (Å²) in [6.45, 7) is 1.09. The number of aromatic nitrogens is 2. The van der Waals surface area contributed by atoms with Crippen molar-refractivity contribution in [2.75, 3.05) is 19.8 Å². The number of amides is 1. The molecule has 6 nitrogen and oxygen atoms in total. The van der Waals surface area contributed by atoms with Crippen molar-refractivity contribution in [3.63, 3.8) is 0 Å². The minimum atomic E-state index is -2.49. The first-order chi connectivity index (χ1) is 11.1. The fourth-order valence-corrected chi connectivity index (χ4v) is 2.83. The second-order valence-corrected chi connectivity index (χ2v) is 5.84. The van der Waals surface area contributed by atoms with Gasteiger partial charge in [0.05, 0.1) is 13.2 Å². The molecule has 1 aliphatic rings. The number of morpholine rings is 1. The van der Waals surface area contributed by atoms with E-state index in [1.54, 1.807) is 4.90 Å². The van der Waals surface area contributed by atoms with E-state index in [0.29, 0.717) is 41.2 Å². The molecular weight excluding hydrogens is 328 g/mol. The third kappa shape index (κ3) is 3.67. The summed E-state index contributed by atoms with van der Waals surface area (Å²) >= 11 is 0.442. The van der Waals surface area contributed by atoms with Gasteiger partial charge in [0.15, 0.2) is 5.82 Å². The van der Waals surface area contributed by atoms with Gasteiger partial charge in [-0.25, -0.2) is 0 Å². The third-order valence-corrected chi connectivity index (χ3v) is 4.11. The molecule has 1 saturated heterocycles. The highest BCUT2D eigenvalue weighted by Crippen LogP contribution is 2.27. The number of nitrogens with zero attached hydrogens (tertiary/aromatic N) is 3. The van der Waals surface area contributed by atoms with Crippen LogP contribution in [-0.4, -0.2) is 46.5 Å². The molecule has 23 heavy (non-hydrogen) atoms. The number of hydrogen-bond acceptors (Lipinski definition) is 6. The van der Waals surface area contributed by atoms with E-state index in [1.807, 2.05) is 0 Å². The summed E-state index contributed by atoms with van der Waals surface area (Å²) in [7, 11) is 0. The Labute approximate surface area is 134 Å². The molecule has 1 fully saturated rings. The summed E-state index contributed by atoms with van der Waals surface area (Å²) in [6, 6.07) is 5.66. The van der Waals surface area contributed by atoms with Gasteiger partial charge in [0, 0.05) is 17.0 Å². The van der Waals surface area contributed by atoms with Crippen LogP contribution in [0, 0.1) is 0 Å². The van der Waals surface area contributed by atoms with E-state index in [-0.39, 0.29) is 12.5 Å². The molecular formula is C14H13F2N3O3S. The minimum Gasteiger partial charge on any atom is -0.377 e. The smallest absolute Gasteiger partial charge is 0.288 e. The summed E-state index contributed by atoms with van der Waals surface area (Å²) in [5.74, 6) is -2.34. The molecule has 1 aromatic carbocycles. The summed E-state index contributed by atoms with van der Waals surface area (Å²) < 4.78 is 34.8. The van der Waals surface area contributed by atoms with Crippen molar-refractivity contribution in [3.05, 3.63) is 42.0 Å². The number of carbonyl (C=O) groups is 1. The van der Waals surface area contributed by atoms with E-state index in [2.05, 4.69) is 10.1 Å². The minimum absolute atomic E-state index is 0.225. The van der Waals surface area contributed by atoms with E-state index in [0.717, 1.165) is 0 Å². The van der Waals surface area contributed by atoms with Crippen molar-refractivity contribution in [1.29, 1.82) is 0 Å². The number of ether oxygens (including phenoxy) is 1. The van der Waals surface area contributed by atoms with Crippen LogP contribution in [0.3, 0.4) is 0 Å². The lowest BCUT2D eigenvalue weighted by Crippen LogP contribution is -2.43. The average molecular weight is 341 g/mol. The first-order valence-corrected chi connectivity index (χ1v) is 7.73. The summed E-state index contributed by atoms with van der Waals surface area (Å²) in [5.41, 5.74) is 0.416. The molecule has 1 amide bonds. The van der Waals surface area contributed by atoms with Crippen LogP contribution in [0.1, 0.15) is 22.2 Å². The summed E-state index contributed by atoms with van der Waals surface area (Å²) in [6.07, 6.45) is 1.20. The van der Waals surface area contributed by atoms with Gasteiger partial charge in [0.1, 0.15) is 6.04 Å². The first-order valence-electron chi connectivity index (χ1n) is 6.85. The topological polar surface area (TPSA) is 68.5 Å². The standard InChI is InChI=1S/C14H13F2N3O3S/c15-14(16)23-10-3-1-9(2-4-10)13(20)19-5-6-21-7-11(19)12-17-8-22-18-12/h1-4,8,11,14H,5-7H2/t11-/m0/s1. The van der Waals surface area contributed by atoms with E-state index in [9.17, 15) is 13.6 Å². The second-order valence-electron chi connectivity index (χ2n) is 4.78. The molecule has 3 rings (SSSR count). The average Bonchev–Trinajstić information content (AvgIpc) is 3.09. The fraction of sp³-hybridized carbons (Fsp3) is 0.357. The molecule has 2 heterocycles. The lowest BCUT2D eigenvalue weighted by atomic mass is 10.1. The fourth-order valence-electron chi connectivity index (χ4n) is 2.33. The molecule has 0 unspecified atom stereocenters. The molecule has 2 aromatic rings. The van der Waals surface area contributed by atoms with Crippen molar-refractivity contribution in [1.82, 2.24) is 15.0 Å². The number of carbonyl (C=O) groups excluding carboxylic acids is 1. The van der Waals surface area contributed by atoms with Crippen LogP contribution in [0.4, 0.5) is 8.78 Å². The van der Waals surface area contributed by atoms with Crippen LogP contribution in [0.2, 0.25) is 0 Å². The highest BCUT2D eigenvalue weighted by molar-refractivity contribution is 7.99. The molecule has 1 aromatic heterocycles. The zero-order valence-electron chi connectivity index (χ0n) is 11.9. The number of alkyl halides is 2. The molecule has 1 aliphatic heterocycles. The molecule has 0 radical (unpaired) electrons. The zero-order valence-corrected chi connectivity index (χ0v) is 12.7. The van der Waals surface area contributed by atoms with Gasteiger partial charge < -0.3 is 14.2 Å². The van der Waals surface area contributed by atoms with Gasteiger partial charge in [-0.05, 0) is 24.3 Å². The van der Waals surface area contributed by atoms with Crippen LogP contribution < -0.4 is 0 Å². The second kappa shape index (κ2) is 7.05. The molecule has 0 N–H and O–H groups in total. The monoisotopic (exact) mass is 341 g/mol. The Morgan fingerprint density at radius 3 is 2.78 bits per heavy atom. The van der Waals surface area contributed by atoms with Crippen molar-refractivity contribution in [2.24, 2.45) is 0 Å². The van der Waals surface area contributed by atoms with Crippen molar-refractivity contribution >= 4 is 17.7 Å². The predicted molar refractivity (Wildman–Crippen MR) is 77.2 cm³/mol. The maximum Gasteiger partial charge on any atom is 0.288 e. The summed E-state index contributed by atoms with van der Waals surface area (Å²) in [4.78, 5) is 18.7. The Morgan fingerprint density at radius 1 is 1.35 bits per heavy atom. The highest BCUT2D eigenvalue weighted by atomic mass is 32.2. The normalized spacial score (nSPS) is 18.4. The predicted octanol–water partition coefficient (Wildman–Crippen LogP) is 2.60. The molecule has 122 valence electrons. The third-order valence-electron chi connectivity index (χ3n) is 3.39. The van der Waals surface area contributed by atoms with Gasteiger partial charge in [-0.15, -0.1) is 0 Å². The maximum atomic E-state index is 12.7. The Morgan fingerprint density at radius 2 is 2.13 bits per heavy atom. The number of hydrogen-bond donors (Lipinski definition) is 0. The molecule has 1 atom stereocenters. The zero-order chi connectivity index (χ0) is 16.2. The summed E-state index contributed by atoms with van der Waals surface area (Å²) in [5, 5.41) is 3.77. The lowest BCUT2D eigenvalue weighted by Gasteiger charge is -2.33. The van der Waals surface area contributed by atoms with Crippen molar-refractivity contribution in [3.8, 4) is 0 Å². The molecule has 0 saturated carbocycles. The van der Waals surface area contributed by atoms with E-state index in [1.165, 1.54) is 30.7 Å². The van der Waals surface area contributed by atoms with E-state index < -0.39 is 11.8 Å². The van der Waals surface area contributed by atoms with Crippen LogP contribution >= 0.6 is 11.8 Å². The number of rotatable bonds is 4. The SMILES string of the molecule is O=C(c1ccc(SC(F)F)cc1)N1CCOC[C@H]1c1ncon1. The molecule has 0 spiro atoms. The van der Waals surface area contributed by atoms with Crippen molar-refractivity contribution < 1.29 is 22.8 Å². The Hall–Kier alpha value is -2.00. The van der Waals surface area contributed by atoms with Crippen LogP contribution in [0.5, 0.6) is 0 Å². The molecule has 0 aliphatic carbocycles. The van der Waals surface area contributed by atoms with Gasteiger partial charge in [-0.1, -0.05) is 16.9 Å². The Bertz CT molecular complexity index is 652. The van der Waals surface area contributed by atoms with E-state index in [4.69, 9.17) is 9.26 Å². The van der Waals surface area contributed by atoms with Gasteiger partial charge >= 0.3 is 0 Å². The first kappa shape index (κ1) is 15.9. The largest absolute Gasteiger partial charge is 0.377 e. The number of thioether (sulfide) groups is 1. The quantitative estimate of drug-likeness (QED) is 0.796. The van der Waals surface area contributed by atoms with E-state index >= 15 is 0 Å². The van der Waals surface area contributed by atoms with Gasteiger partial charge in [0.2, 0.25) is 6.39 Å². The molecule has 0 bridgehead atoms. The van der Waals surface area contributed by atoms with Gasteiger partial charge in [-0.2, -0.15) is 13.8 Å². The van der Waals surface area contributed by atoms with Crippen LogP contribution in [0.25, 0.3) is 0 Å². The van der Waals surface area contributed by atoms with Crippen LogP contribution in [0.15, 0.2) is 40.1 Å². The van der Waals surface area contributed by atoms with Crippen LogP contribution in [-0.2, 0) is 4.74 Å². The number of benzene rings is 1.